The standard InChI is InChI=1S/C11H26N2O2S/c1-5-16(14,15)10-6-7-12-8-9-13(4)11(2)3/h11-12H,5-10H2,1-4H3. The molecule has 0 radical (unpaired) electrons. The number of rotatable bonds is 9. The molecule has 16 heavy (non-hydrogen) atoms. The van der Waals surface area contributed by atoms with E-state index in [-0.39, 0.29) is 5.75 Å². The summed E-state index contributed by atoms with van der Waals surface area (Å²) in [4.78, 5) is 2.26. The molecule has 0 heterocycles. The Bertz CT molecular complexity index is 263. The Kier molecular flexibility index (Phi) is 7.97. The summed E-state index contributed by atoms with van der Waals surface area (Å²) in [7, 11) is -0.696. The summed E-state index contributed by atoms with van der Waals surface area (Å²) in [5, 5.41) is 3.26. The molecule has 0 atom stereocenters. The molecule has 0 amide bonds. The number of nitrogens with one attached hydrogen (secondary N) is 1. The van der Waals surface area contributed by atoms with E-state index in [9.17, 15) is 8.42 Å². The highest BCUT2D eigenvalue weighted by Crippen LogP contribution is 1.93. The molecule has 0 aliphatic rings. The summed E-state index contributed by atoms with van der Waals surface area (Å²) in [6.07, 6.45) is 0.710. The van der Waals surface area contributed by atoms with E-state index in [0.717, 1.165) is 19.6 Å². The minimum absolute atomic E-state index is 0.253. The Hall–Kier alpha value is -0.130. The van der Waals surface area contributed by atoms with Crippen LogP contribution in [-0.4, -0.2) is 57.5 Å². The Morgan fingerprint density at radius 2 is 1.88 bits per heavy atom. The summed E-state index contributed by atoms with van der Waals surface area (Å²) < 4.78 is 22.4. The largest absolute Gasteiger partial charge is 0.315 e. The Balaban J connectivity index is 3.42. The van der Waals surface area contributed by atoms with Gasteiger partial charge in [0.05, 0.1) is 5.75 Å². The number of likely N-dealkylation sites (N-methyl/N-ethyl adjacent to an activating group) is 1. The van der Waals surface area contributed by atoms with Crippen LogP contribution in [0, 0.1) is 0 Å². The summed E-state index contributed by atoms with van der Waals surface area (Å²) >= 11 is 0. The molecular formula is C11H26N2O2S. The topological polar surface area (TPSA) is 49.4 Å². The van der Waals surface area contributed by atoms with Crippen LogP contribution in [0.5, 0.6) is 0 Å². The van der Waals surface area contributed by atoms with Crippen LogP contribution in [0.15, 0.2) is 0 Å². The molecule has 0 aromatic heterocycles. The van der Waals surface area contributed by atoms with Crippen LogP contribution in [0.4, 0.5) is 0 Å². The van der Waals surface area contributed by atoms with Crippen LogP contribution in [0.1, 0.15) is 27.2 Å². The van der Waals surface area contributed by atoms with Crippen molar-refractivity contribution in [2.45, 2.75) is 33.2 Å². The molecule has 0 unspecified atom stereocenters. The fourth-order valence-electron chi connectivity index (χ4n) is 1.20. The van der Waals surface area contributed by atoms with E-state index in [1.165, 1.54) is 0 Å². The highest BCUT2D eigenvalue weighted by molar-refractivity contribution is 7.91. The molecule has 0 bridgehead atoms. The first kappa shape index (κ1) is 15.9. The van der Waals surface area contributed by atoms with Gasteiger partial charge in [-0.05, 0) is 33.9 Å². The van der Waals surface area contributed by atoms with Gasteiger partial charge >= 0.3 is 0 Å². The van der Waals surface area contributed by atoms with Gasteiger partial charge in [0.1, 0.15) is 9.84 Å². The van der Waals surface area contributed by atoms with E-state index in [1.54, 1.807) is 6.92 Å². The third-order valence-corrected chi connectivity index (χ3v) is 4.56. The highest BCUT2D eigenvalue weighted by atomic mass is 32.2. The van der Waals surface area contributed by atoms with Crippen LogP contribution < -0.4 is 5.32 Å². The highest BCUT2D eigenvalue weighted by Gasteiger charge is 2.06. The van der Waals surface area contributed by atoms with Crippen molar-refractivity contribution in [3.05, 3.63) is 0 Å². The minimum Gasteiger partial charge on any atom is -0.315 e. The van der Waals surface area contributed by atoms with Gasteiger partial charge < -0.3 is 10.2 Å². The smallest absolute Gasteiger partial charge is 0.150 e. The lowest BCUT2D eigenvalue weighted by Crippen LogP contribution is -2.34. The quantitative estimate of drug-likeness (QED) is 0.613. The molecule has 0 aromatic rings. The minimum atomic E-state index is -2.79. The lowest BCUT2D eigenvalue weighted by molar-refractivity contribution is 0.273. The van der Waals surface area contributed by atoms with Crippen LogP contribution >= 0.6 is 0 Å². The molecule has 5 heteroatoms. The van der Waals surface area contributed by atoms with Gasteiger partial charge in [-0.15, -0.1) is 0 Å². The molecule has 0 aliphatic heterocycles. The van der Waals surface area contributed by atoms with Gasteiger partial charge in [-0.25, -0.2) is 8.42 Å². The van der Waals surface area contributed by atoms with Crippen LogP contribution in [0.3, 0.4) is 0 Å². The zero-order chi connectivity index (χ0) is 12.6. The van der Waals surface area contributed by atoms with E-state index in [2.05, 4.69) is 31.1 Å². The second kappa shape index (κ2) is 8.03. The molecule has 0 aliphatic carbocycles. The Morgan fingerprint density at radius 1 is 1.25 bits per heavy atom. The number of nitrogens with zero attached hydrogens (tertiary/aromatic N) is 1. The van der Waals surface area contributed by atoms with E-state index in [4.69, 9.17) is 0 Å². The molecule has 4 nitrogen and oxygen atoms in total. The fraction of sp³-hybridized carbons (Fsp3) is 1.00. The number of sulfone groups is 1. The lowest BCUT2D eigenvalue weighted by Gasteiger charge is -2.20. The molecule has 98 valence electrons. The molecular weight excluding hydrogens is 224 g/mol. The van der Waals surface area contributed by atoms with Crippen LogP contribution in [0.25, 0.3) is 0 Å². The van der Waals surface area contributed by atoms with Gasteiger partial charge in [0, 0.05) is 24.9 Å². The van der Waals surface area contributed by atoms with Gasteiger partial charge in [0.2, 0.25) is 0 Å². The normalized spacial score (nSPS) is 12.6. The maximum atomic E-state index is 11.2. The predicted octanol–water partition coefficient (Wildman–Crippen LogP) is 0.741. The van der Waals surface area contributed by atoms with E-state index < -0.39 is 9.84 Å². The van der Waals surface area contributed by atoms with Gasteiger partial charge in [-0.2, -0.15) is 0 Å². The van der Waals surface area contributed by atoms with Crippen LogP contribution in [0.2, 0.25) is 0 Å². The monoisotopic (exact) mass is 250 g/mol. The van der Waals surface area contributed by atoms with E-state index in [0.29, 0.717) is 18.2 Å². The summed E-state index contributed by atoms with van der Waals surface area (Å²) in [6.45, 7) is 8.71. The number of hydrogen-bond donors (Lipinski definition) is 1. The van der Waals surface area contributed by atoms with Crippen molar-refractivity contribution in [1.82, 2.24) is 10.2 Å². The van der Waals surface area contributed by atoms with Crippen molar-refractivity contribution < 1.29 is 8.42 Å². The van der Waals surface area contributed by atoms with Gasteiger partial charge in [-0.1, -0.05) is 6.92 Å². The SMILES string of the molecule is CCS(=O)(=O)CCCNCCN(C)C(C)C. The van der Waals surface area contributed by atoms with Gasteiger partial charge in [0.15, 0.2) is 0 Å². The number of hydrogen-bond acceptors (Lipinski definition) is 4. The molecule has 0 fully saturated rings. The third-order valence-electron chi connectivity index (χ3n) is 2.77. The van der Waals surface area contributed by atoms with Crippen molar-refractivity contribution in [2.75, 3.05) is 38.2 Å². The second-order valence-electron chi connectivity index (χ2n) is 4.41. The van der Waals surface area contributed by atoms with Crippen molar-refractivity contribution >= 4 is 9.84 Å². The van der Waals surface area contributed by atoms with Crippen molar-refractivity contribution in [3.63, 3.8) is 0 Å². The average molecular weight is 250 g/mol. The molecule has 0 saturated carbocycles. The maximum absolute atomic E-state index is 11.2. The maximum Gasteiger partial charge on any atom is 0.150 e. The van der Waals surface area contributed by atoms with Crippen molar-refractivity contribution in [1.29, 1.82) is 0 Å². The molecule has 0 aromatic carbocycles. The second-order valence-corrected chi connectivity index (χ2v) is 6.89. The third kappa shape index (κ3) is 8.07. The molecule has 0 spiro atoms. The summed E-state index contributed by atoms with van der Waals surface area (Å²) in [6, 6.07) is 0.558. The predicted molar refractivity (Wildman–Crippen MR) is 69.6 cm³/mol. The van der Waals surface area contributed by atoms with Gasteiger partial charge in [0.25, 0.3) is 0 Å². The zero-order valence-corrected chi connectivity index (χ0v) is 11.8. The zero-order valence-electron chi connectivity index (χ0n) is 11.0. The van der Waals surface area contributed by atoms with Gasteiger partial charge in [-0.3, -0.25) is 0 Å². The molecule has 0 saturated heterocycles. The van der Waals surface area contributed by atoms with Crippen LogP contribution in [-0.2, 0) is 9.84 Å². The summed E-state index contributed by atoms with van der Waals surface area (Å²) in [5.41, 5.74) is 0. The molecule has 1 N–H and O–H groups in total. The average Bonchev–Trinajstić information content (AvgIpc) is 2.22. The van der Waals surface area contributed by atoms with Crippen molar-refractivity contribution in [3.8, 4) is 0 Å². The van der Waals surface area contributed by atoms with E-state index >= 15 is 0 Å². The first-order chi connectivity index (χ1) is 7.39. The summed E-state index contributed by atoms with van der Waals surface area (Å²) in [5.74, 6) is 0.555. The first-order valence-corrected chi connectivity index (χ1v) is 7.82. The van der Waals surface area contributed by atoms with Crippen molar-refractivity contribution in [2.24, 2.45) is 0 Å². The van der Waals surface area contributed by atoms with E-state index in [1.807, 2.05) is 0 Å². The first-order valence-electron chi connectivity index (χ1n) is 6.00. The Morgan fingerprint density at radius 3 is 2.38 bits per heavy atom. The molecule has 0 rings (SSSR count). The fourth-order valence-corrected chi connectivity index (χ4v) is 2.07. The Labute approximate surface area is 100 Å². The lowest BCUT2D eigenvalue weighted by atomic mass is 10.3.